The Morgan fingerprint density at radius 3 is 2.94 bits per heavy atom. The highest BCUT2D eigenvalue weighted by Gasteiger charge is 2.27. The molecule has 0 spiro atoms. The normalized spacial score (nSPS) is 24.1. The summed E-state index contributed by atoms with van der Waals surface area (Å²) in [5.74, 6) is 1.60. The minimum atomic E-state index is 0.261. The highest BCUT2D eigenvalue weighted by molar-refractivity contribution is 5.43. The molecule has 0 aliphatic heterocycles. The first-order valence-corrected chi connectivity index (χ1v) is 6.15. The number of phenols is 1. The molecule has 1 aliphatic carbocycles. The molecule has 2 unspecified atom stereocenters. The van der Waals surface area contributed by atoms with Gasteiger partial charge in [-0.15, -0.1) is 0 Å². The van der Waals surface area contributed by atoms with E-state index in [1.54, 1.807) is 6.07 Å². The van der Waals surface area contributed by atoms with Gasteiger partial charge in [0.25, 0.3) is 0 Å². The highest BCUT2D eigenvalue weighted by atomic mass is 16.3. The molecule has 2 heteroatoms. The summed E-state index contributed by atoms with van der Waals surface area (Å²) < 4.78 is 0. The lowest BCUT2D eigenvalue weighted by Gasteiger charge is -2.31. The Bertz CT molecular complexity index is 360. The van der Waals surface area contributed by atoms with Gasteiger partial charge in [0, 0.05) is 6.61 Å². The molecule has 0 fully saturated rings. The van der Waals surface area contributed by atoms with Crippen LogP contribution in [0.4, 0.5) is 0 Å². The van der Waals surface area contributed by atoms with E-state index >= 15 is 0 Å². The smallest absolute Gasteiger partial charge is 0.119 e. The van der Waals surface area contributed by atoms with Crippen molar-refractivity contribution in [3.8, 4) is 5.75 Å². The van der Waals surface area contributed by atoms with Crippen LogP contribution in [0.1, 0.15) is 43.2 Å². The first-order valence-electron chi connectivity index (χ1n) is 6.15. The molecular formula is C14H20O2. The fourth-order valence-corrected chi connectivity index (χ4v) is 2.84. The molecule has 2 nitrogen and oxygen atoms in total. The molecule has 16 heavy (non-hydrogen) atoms. The third kappa shape index (κ3) is 2.07. The Labute approximate surface area is 96.9 Å². The van der Waals surface area contributed by atoms with Gasteiger partial charge in [-0.25, -0.2) is 0 Å². The van der Waals surface area contributed by atoms with E-state index < -0.39 is 0 Å². The quantitative estimate of drug-likeness (QED) is 0.822. The number of benzene rings is 1. The van der Waals surface area contributed by atoms with Gasteiger partial charge in [-0.1, -0.05) is 19.1 Å². The lowest BCUT2D eigenvalue weighted by atomic mass is 9.74. The Morgan fingerprint density at radius 1 is 1.38 bits per heavy atom. The molecule has 0 saturated heterocycles. The Kier molecular flexibility index (Phi) is 3.49. The number of rotatable bonds is 3. The van der Waals surface area contributed by atoms with E-state index in [4.69, 9.17) is 5.11 Å². The first kappa shape index (κ1) is 11.5. The molecule has 0 amide bonds. The summed E-state index contributed by atoms with van der Waals surface area (Å²) >= 11 is 0. The van der Waals surface area contributed by atoms with Gasteiger partial charge in [-0.2, -0.15) is 0 Å². The lowest BCUT2D eigenvalue weighted by Crippen LogP contribution is -2.18. The SMILES string of the molecule is CC1CCc2c(O)cccc2C1CCCO. The summed E-state index contributed by atoms with van der Waals surface area (Å²) in [6, 6.07) is 5.84. The van der Waals surface area contributed by atoms with Gasteiger partial charge in [-0.3, -0.25) is 0 Å². The zero-order valence-electron chi connectivity index (χ0n) is 9.82. The fraction of sp³-hybridized carbons (Fsp3) is 0.571. The first-order chi connectivity index (χ1) is 7.74. The van der Waals surface area contributed by atoms with E-state index in [1.807, 2.05) is 6.07 Å². The molecule has 0 heterocycles. The van der Waals surface area contributed by atoms with Crippen molar-refractivity contribution in [2.75, 3.05) is 6.61 Å². The van der Waals surface area contributed by atoms with Crippen LogP contribution < -0.4 is 0 Å². The Morgan fingerprint density at radius 2 is 2.19 bits per heavy atom. The van der Waals surface area contributed by atoms with Crippen molar-refractivity contribution in [1.82, 2.24) is 0 Å². The van der Waals surface area contributed by atoms with Crippen LogP contribution in [0.25, 0.3) is 0 Å². The minimum Gasteiger partial charge on any atom is -0.508 e. The summed E-state index contributed by atoms with van der Waals surface area (Å²) in [7, 11) is 0. The number of phenolic OH excluding ortho intramolecular Hbond substituents is 1. The predicted molar refractivity (Wildman–Crippen MR) is 64.7 cm³/mol. The molecule has 0 saturated carbocycles. The van der Waals surface area contributed by atoms with Crippen LogP contribution in [0.15, 0.2) is 18.2 Å². The Balaban J connectivity index is 2.29. The molecule has 0 radical (unpaired) electrons. The van der Waals surface area contributed by atoms with Crippen LogP contribution >= 0.6 is 0 Å². The average Bonchev–Trinajstić information content (AvgIpc) is 2.28. The van der Waals surface area contributed by atoms with Crippen LogP contribution in [-0.2, 0) is 6.42 Å². The molecule has 2 N–H and O–H groups in total. The standard InChI is InChI=1S/C14H20O2/c1-10-7-8-13-12(4-2-6-14(13)16)11(10)5-3-9-15/h2,4,6,10-11,15-16H,3,5,7-9H2,1H3. The van der Waals surface area contributed by atoms with Gasteiger partial charge in [0.15, 0.2) is 0 Å². The molecular weight excluding hydrogens is 200 g/mol. The zero-order chi connectivity index (χ0) is 11.5. The van der Waals surface area contributed by atoms with E-state index in [-0.39, 0.29) is 6.61 Å². The van der Waals surface area contributed by atoms with Crippen LogP contribution in [0.2, 0.25) is 0 Å². The third-order valence-electron chi connectivity index (χ3n) is 3.80. The van der Waals surface area contributed by atoms with Crippen molar-refractivity contribution >= 4 is 0 Å². The van der Waals surface area contributed by atoms with Crippen molar-refractivity contribution in [3.63, 3.8) is 0 Å². The maximum absolute atomic E-state index is 9.84. The number of hydrogen-bond acceptors (Lipinski definition) is 2. The molecule has 1 aromatic rings. The molecule has 2 atom stereocenters. The van der Waals surface area contributed by atoms with Crippen LogP contribution in [0.5, 0.6) is 5.75 Å². The molecule has 1 aromatic carbocycles. The Hall–Kier alpha value is -1.02. The van der Waals surface area contributed by atoms with E-state index in [0.29, 0.717) is 17.6 Å². The maximum Gasteiger partial charge on any atom is 0.119 e. The van der Waals surface area contributed by atoms with Gasteiger partial charge in [-0.05, 0) is 54.7 Å². The number of aliphatic hydroxyl groups is 1. The summed E-state index contributed by atoms with van der Waals surface area (Å²) in [5, 5.41) is 18.8. The van der Waals surface area contributed by atoms with Crippen LogP contribution in [-0.4, -0.2) is 16.8 Å². The minimum absolute atomic E-state index is 0.261. The van der Waals surface area contributed by atoms with E-state index in [9.17, 15) is 5.11 Å². The number of hydrogen-bond donors (Lipinski definition) is 2. The van der Waals surface area contributed by atoms with Crippen molar-refractivity contribution in [3.05, 3.63) is 29.3 Å². The number of aromatic hydroxyl groups is 1. The summed E-state index contributed by atoms with van der Waals surface area (Å²) in [6.07, 6.45) is 4.00. The van der Waals surface area contributed by atoms with Crippen LogP contribution in [0.3, 0.4) is 0 Å². The van der Waals surface area contributed by atoms with Crippen molar-refractivity contribution in [2.45, 2.75) is 38.5 Å². The molecule has 0 aromatic heterocycles. The molecule has 0 bridgehead atoms. The highest BCUT2D eigenvalue weighted by Crippen LogP contribution is 2.41. The van der Waals surface area contributed by atoms with Gasteiger partial charge in [0.2, 0.25) is 0 Å². The van der Waals surface area contributed by atoms with Crippen molar-refractivity contribution < 1.29 is 10.2 Å². The van der Waals surface area contributed by atoms with Crippen LogP contribution in [0, 0.1) is 5.92 Å². The molecule has 2 rings (SSSR count). The topological polar surface area (TPSA) is 40.5 Å². The van der Waals surface area contributed by atoms with Crippen molar-refractivity contribution in [2.24, 2.45) is 5.92 Å². The average molecular weight is 220 g/mol. The summed E-state index contributed by atoms with van der Waals surface area (Å²) in [4.78, 5) is 0. The predicted octanol–water partition coefficient (Wildman–Crippen LogP) is 2.83. The third-order valence-corrected chi connectivity index (χ3v) is 3.80. The fourth-order valence-electron chi connectivity index (χ4n) is 2.84. The number of fused-ring (bicyclic) bond motifs is 1. The molecule has 1 aliphatic rings. The second-order valence-corrected chi connectivity index (χ2v) is 4.83. The second-order valence-electron chi connectivity index (χ2n) is 4.83. The van der Waals surface area contributed by atoms with Crippen molar-refractivity contribution in [1.29, 1.82) is 0 Å². The maximum atomic E-state index is 9.84. The van der Waals surface area contributed by atoms with Gasteiger partial charge < -0.3 is 10.2 Å². The van der Waals surface area contributed by atoms with Gasteiger partial charge in [0.05, 0.1) is 0 Å². The molecule has 88 valence electrons. The summed E-state index contributed by atoms with van der Waals surface area (Å²) in [6.45, 7) is 2.53. The van der Waals surface area contributed by atoms with E-state index in [0.717, 1.165) is 31.2 Å². The number of aliphatic hydroxyl groups excluding tert-OH is 1. The lowest BCUT2D eigenvalue weighted by molar-refractivity contribution is 0.266. The second kappa shape index (κ2) is 4.88. The summed E-state index contributed by atoms with van der Waals surface area (Å²) in [5.41, 5.74) is 2.43. The van der Waals surface area contributed by atoms with E-state index in [2.05, 4.69) is 13.0 Å². The zero-order valence-corrected chi connectivity index (χ0v) is 9.82. The largest absolute Gasteiger partial charge is 0.508 e. The van der Waals surface area contributed by atoms with E-state index in [1.165, 1.54) is 5.56 Å². The monoisotopic (exact) mass is 220 g/mol. The van der Waals surface area contributed by atoms with Gasteiger partial charge in [0.1, 0.15) is 5.75 Å². The van der Waals surface area contributed by atoms with Gasteiger partial charge >= 0.3 is 0 Å².